The van der Waals surface area contributed by atoms with Crippen molar-refractivity contribution in [3.63, 3.8) is 0 Å². The van der Waals surface area contributed by atoms with E-state index in [1.807, 2.05) is 0 Å². The molecule has 0 radical (unpaired) electrons. The Morgan fingerprint density at radius 3 is 2.67 bits per heavy atom. The molecule has 116 valence electrons. The molecule has 0 aliphatic rings. The first-order valence-corrected chi connectivity index (χ1v) is 7.04. The second-order valence-corrected chi connectivity index (χ2v) is 4.57. The van der Waals surface area contributed by atoms with E-state index in [2.05, 4.69) is 4.98 Å². The number of carbonyl (C=O) groups excluding carboxylic acids is 1. The van der Waals surface area contributed by atoms with Crippen molar-refractivity contribution >= 4 is 11.9 Å². The lowest BCUT2D eigenvalue weighted by Crippen LogP contribution is -2.08. The molecule has 0 saturated carbocycles. The van der Waals surface area contributed by atoms with Crippen LogP contribution in [0.3, 0.4) is 0 Å². The van der Waals surface area contributed by atoms with Gasteiger partial charge in [-0.15, -0.1) is 0 Å². The first kappa shape index (κ1) is 16.9. The lowest BCUT2D eigenvalue weighted by Gasteiger charge is -2.09. The Balaban J connectivity index is 2.30. The summed E-state index contributed by atoms with van der Waals surface area (Å²) in [5.41, 5.74) is 0.565. The third-order valence-corrected chi connectivity index (χ3v) is 2.79. The van der Waals surface area contributed by atoms with Crippen LogP contribution in [-0.2, 0) is 9.53 Å². The number of aryl methyl sites for hydroxylation is 1. The largest absolute Gasteiger partial charge is 0.491 e. The summed E-state index contributed by atoms with van der Waals surface area (Å²) in [4.78, 5) is 26.1. The van der Waals surface area contributed by atoms with Crippen LogP contribution in [0.1, 0.15) is 48.8 Å². The molecule has 21 heavy (non-hydrogen) atoms. The Bertz CT molecular complexity index is 487. The third-order valence-electron chi connectivity index (χ3n) is 2.79. The number of unbranched alkanes of at least 4 members (excludes halogenated alkanes) is 2. The lowest BCUT2D eigenvalue weighted by molar-refractivity contribution is -0.143. The number of carboxylic acids is 1. The number of nitrogens with zero attached hydrogens (tertiary/aromatic N) is 1. The minimum absolute atomic E-state index is 0.0680. The predicted molar refractivity (Wildman–Crippen MR) is 76.5 cm³/mol. The molecule has 1 aromatic heterocycles. The molecule has 0 unspecified atom stereocenters. The van der Waals surface area contributed by atoms with Crippen molar-refractivity contribution in [1.29, 1.82) is 0 Å². The van der Waals surface area contributed by atoms with Crippen molar-refractivity contribution in [3.05, 3.63) is 23.5 Å². The quantitative estimate of drug-likeness (QED) is 0.556. The zero-order valence-electron chi connectivity index (χ0n) is 12.4. The molecule has 1 N–H and O–H groups in total. The molecule has 6 nitrogen and oxygen atoms in total. The molecule has 1 heterocycles. The number of hydrogen-bond acceptors (Lipinski definition) is 5. The van der Waals surface area contributed by atoms with Gasteiger partial charge in [0.25, 0.3) is 0 Å². The maximum atomic E-state index is 11.1. The normalized spacial score (nSPS) is 10.2. The standard InChI is InChI=1S/C15H21NO5/c1-3-20-13(17)7-5-4-6-10-21-12-9-8-11(2)16-14(12)15(18)19/h8-9H,3-7,10H2,1-2H3,(H,18,19). The van der Waals surface area contributed by atoms with Gasteiger partial charge < -0.3 is 14.6 Å². The van der Waals surface area contributed by atoms with E-state index in [1.165, 1.54) is 0 Å². The molecule has 0 aliphatic carbocycles. The summed E-state index contributed by atoms with van der Waals surface area (Å²) >= 11 is 0. The highest BCUT2D eigenvalue weighted by molar-refractivity contribution is 5.88. The Hall–Kier alpha value is -2.11. The van der Waals surface area contributed by atoms with Crippen LogP contribution in [0.2, 0.25) is 0 Å². The number of hydrogen-bond donors (Lipinski definition) is 1. The van der Waals surface area contributed by atoms with Gasteiger partial charge in [0.15, 0.2) is 11.4 Å². The van der Waals surface area contributed by atoms with Gasteiger partial charge in [-0.05, 0) is 45.2 Å². The minimum Gasteiger partial charge on any atom is -0.491 e. The van der Waals surface area contributed by atoms with Gasteiger partial charge in [0.2, 0.25) is 0 Å². The van der Waals surface area contributed by atoms with E-state index >= 15 is 0 Å². The van der Waals surface area contributed by atoms with Crippen molar-refractivity contribution in [2.75, 3.05) is 13.2 Å². The molecule has 0 bridgehead atoms. The van der Waals surface area contributed by atoms with Gasteiger partial charge in [0.1, 0.15) is 0 Å². The molecule has 0 spiro atoms. The molecule has 0 aliphatic heterocycles. The fourth-order valence-corrected chi connectivity index (χ4v) is 1.78. The van der Waals surface area contributed by atoms with Crippen molar-refractivity contribution in [2.24, 2.45) is 0 Å². The first-order valence-electron chi connectivity index (χ1n) is 7.04. The van der Waals surface area contributed by atoms with Crippen molar-refractivity contribution in [3.8, 4) is 5.75 Å². The van der Waals surface area contributed by atoms with E-state index in [-0.39, 0.29) is 17.4 Å². The number of rotatable bonds is 9. The fraction of sp³-hybridized carbons (Fsp3) is 0.533. The molecular weight excluding hydrogens is 274 g/mol. The van der Waals surface area contributed by atoms with Gasteiger partial charge in [-0.1, -0.05) is 0 Å². The highest BCUT2D eigenvalue weighted by atomic mass is 16.5. The van der Waals surface area contributed by atoms with Crippen LogP contribution >= 0.6 is 0 Å². The van der Waals surface area contributed by atoms with Crippen LogP contribution in [0, 0.1) is 6.92 Å². The molecule has 0 amide bonds. The number of esters is 1. The fourth-order valence-electron chi connectivity index (χ4n) is 1.78. The Morgan fingerprint density at radius 1 is 1.24 bits per heavy atom. The lowest BCUT2D eigenvalue weighted by atomic mass is 10.2. The van der Waals surface area contributed by atoms with Crippen molar-refractivity contribution < 1.29 is 24.2 Å². The van der Waals surface area contributed by atoms with E-state index in [0.717, 1.165) is 19.3 Å². The summed E-state index contributed by atoms with van der Waals surface area (Å²) in [7, 11) is 0. The van der Waals surface area contributed by atoms with E-state index in [4.69, 9.17) is 14.6 Å². The average molecular weight is 295 g/mol. The summed E-state index contributed by atoms with van der Waals surface area (Å²) in [5, 5.41) is 9.05. The smallest absolute Gasteiger partial charge is 0.358 e. The van der Waals surface area contributed by atoms with Crippen LogP contribution in [0.5, 0.6) is 5.75 Å². The summed E-state index contributed by atoms with van der Waals surface area (Å²) in [6, 6.07) is 3.33. The van der Waals surface area contributed by atoms with Crippen LogP contribution in [0.15, 0.2) is 12.1 Å². The second kappa shape index (κ2) is 8.94. The number of carbonyl (C=O) groups is 2. The van der Waals surface area contributed by atoms with Gasteiger partial charge in [0, 0.05) is 12.1 Å². The molecular formula is C15H21NO5. The summed E-state index contributed by atoms with van der Waals surface area (Å²) in [6.07, 6.45) is 2.70. The van der Waals surface area contributed by atoms with Gasteiger partial charge in [0.05, 0.1) is 13.2 Å². The number of ether oxygens (including phenoxy) is 2. The van der Waals surface area contributed by atoms with Crippen LogP contribution < -0.4 is 4.74 Å². The summed E-state index contributed by atoms with van der Waals surface area (Å²) in [5.74, 6) is -1.01. The van der Waals surface area contributed by atoms with Crippen molar-refractivity contribution in [2.45, 2.75) is 39.5 Å². The zero-order valence-corrected chi connectivity index (χ0v) is 12.4. The van der Waals surface area contributed by atoms with Crippen LogP contribution in [0.25, 0.3) is 0 Å². The topological polar surface area (TPSA) is 85.7 Å². The number of aromatic carboxylic acids is 1. The number of aromatic nitrogens is 1. The maximum Gasteiger partial charge on any atom is 0.358 e. The van der Waals surface area contributed by atoms with Gasteiger partial charge in [-0.25, -0.2) is 9.78 Å². The summed E-state index contributed by atoms with van der Waals surface area (Å²) in [6.45, 7) is 4.31. The Labute approximate surface area is 124 Å². The molecule has 0 fully saturated rings. The van der Waals surface area contributed by atoms with E-state index in [0.29, 0.717) is 25.3 Å². The molecule has 0 saturated heterocycles. The second-order valence-electron chi connectivity index (χ2n) is 4.57. The molecule has 6 heteroatoms. The van der Waals surface area contributed by atoms with Crippen LogP contribution in [-0.4, -0.2) is 35.2 Å². The monoisotopic (exact) mass is 295 g/mol. The van der Waals surface area contributed by atoms with Gasteiger partial charge in [-0.2, -0.15) is 0 Å². The minimum atomic E-state index is -1.10. The van der Waals surface area contributed by atoms with E-state index in [1.54, 1.807) is 26.0 Å². The SMILES string of the molecule is CCOC(=O)CCCCCOc1ccc(C)nc1C(=O)O. The zero-order chi connectivity index (χ0) is 15.7. The molecule has 1 aromatic rings. The third kappa shape index (κ3) is 6.25. The van der Waals surface area contributed by atoms with Crippen molar-refractivity contribution in [1.82, 2.24) is 4.98 Å². The Morgan fingerprint density at radius 2 is 2.00 bits per heavy atom. The van der Waals surface area contributed by atoms with E-state index in [9.17, 15) is 9.59 Å². The highest BCUT2D eigenvalue weighted by Crippen LogP contribution is 2.17. The number of carboxylic acid groups (broad SMARTS) is 1. The van der Waals surface area contributed by atoms with E-state index < -0.39 is 5.97 Å². The highest BCUT2D eigenvalue weighted by Gasteiger charge is 2.13. The summed E-state index contributed by atoms with van der Waals surface area (Å²) < 4.78 is 10.3. The predicted octanol–water partition coefficient (Wildman–Crippen LogP) is 2.59. The maximum absolute atomic E-state index is 11.1. The molecule has 1 rings (SSSR count). The average Bonchev–Trinajstić information content (AvgIpc) is 2.44. The van der Waals surface area contributed by atoms with Crippen LogP contribution in [0.4, 0.5) is 0 Å². The van der Waals surface area contributed by atoms with Gasteiger partial charge in [-0.3, -0.25) is 4.79 Å². The van der Waals surface area contributed by atoms with Gasteiger partial charge >= 0.3 is 11.9 Å². The molecule has 0 aromatic carbocycles. The Kier molecular flexibility index (Phi) is 7.21. The number of pyridine rings is 1. The first-order chi connectivity index (χ1) is 10.0. The molecule has 0 atom stereocenters.